The van der Waals surface area contributed by atoms with Gasteiger partial charge >= 0.3 is 12.0 Å². The number of nitrogens with zero attached hydrogens (tertiary/aromatic N) is 2. The molecule has 1 rings (SSSR count). The van der Waals surface area contributed by atoms with Gasteiger partial charge in [-0.2, -0.15) is 5.01 Å². The molecule has 0 radical (unpaired) electrons. The molecule has 9 heteroatoms. The third-order valence-corrected chi connectivity index (χ3v) is 3.26. The number of nitrogens with one attached hydrogen (secondary N) is 1. The van der Waals surface area contributed by atoms with Crippen LogP contribution in [0.2, 0.25) is 0 Å². The van der Waals surface area contributed by atoms with Crippen molar-refractivity contribution in [1.29, 1.82) is 0 Å². The minimum Gasteiger partial charge on any atom is -0.481 e. The number of benzene rings is 1. The Bertz CT molecular complexity index is 483. The summed E-state index contributed by atoms with van der Waals surface area (Å²) in [4.78, 5) is 33.2. The molecule has 0 aromatic heterocycles. The molecule has 1 aromatic rings. The van der Waals surface area contributed by atoms with Gasteiger partial charge in [-0.05, 0) is 24.3 Å². The second kappa shape index (κ2) is 8.39. The van der Waals surface area contributed by atoms with Crippen molar-refractivity contribution < 1.29 is 14.7 Å². The first-order chi connectivity index (χ1) is 9.56. The average molecular weight is 318 g/mol. The zero-order valence-electron chi connectivity index (χ0n) is 10.3. The number of carboxylic acids is 1. The monoisotopic (exact) mass is 317 g/mol. The number of urea groups is 1. The fourth-order valence-electron chi connectivity index (χ4n) is 1.23. The zero-order chi connectivity index (χ0) is 15.0. The van der Waals surface area contributed by atoms with Crippen LogP contribution in [-0.2, 0) is 4.79 Å². The number of hydrogen-bond donors (Lipinski definition) is 2. The SMILES string of the molecule is O=NN(CCCl)C(=O)Nc1ccc(SCC(=O)O)cc1. The molecule has 0 saturated heterocycles. The predicted molar refractivity (Wildman–Crippen MR) is 77.0 cm³/mol. The van der Waals surface area contributed by atoms with Crippen LogP contribution >= 0.6 is 23.4 Å². The van der Waals surface area contributed by atoms with Crippen molar-refractivity contribution in [2.75, 3.05) is 23.5 Å². The number of nitroso groups, excluding NO2 is 1. The summed E-state index contributed by atoms with van der Waals surface area (Å²) in [6.45, 7) is 0.0173. The van der Waals surface area contributed by atoms with Crippen molar-refractivity contribution in [3.63, 3.8) is 0 Å². The number of thioether (sulfide) groups is 1. The summed E-state index contributed by atoms with van der Waals surface area (Å²) in [7, 11) is 0. The van der Waals surface area contributed by atoms with E-state index in [1.807, 2.05) is 0 Å². The summed E-state index contributed by atoms with van der Waals surface area (Å²) in [6.07, 6.45) is 0. The van der Waals surface area contributed by atoms with E-state index in [1.165, 1.54) is 11.8 Å². The van der Waals surface area contributed by atoms with Gasteiger partial charge in [-0.1, -0.05) is 0 Å². The highest BCUT2D eigenvalue weighted by molar-refractivity contribution is 8.00. The van der Waals surface area contributed by atoms with E-state index in [-0.39, 0.29) is 18.2 Å². The van der Waals surface area contributed by atoms with Crippen molar-refractivity contribution in [2.24, 2.45) is 5.29 Å². The number of amides is 2. The first-order valence-electron chi connectivity index (χ1n) is 5.49. The van der Waals surface area contributed by atoms with Crippen LogP contribution in [0.3, 0.4) is 0 Å². The quantitative estimate of drug-likeness (QED) is 0.348. The van der Waals surface area contributed by atoms with Crippen molar-refractivity contribution in [1.82, 2.24) is 5.01 Å². The van der Waals surface area contributed by atoms with E-state index >= 15 is 0 Å². The smallest absolute Gasteiger partial charge is 0.344 e. The fraction of sp³-hybridized carbons (Fsp3) is 0.273. The van der Waals surface area contributed by atoms with Crippen molar-refractivity contribution >= 4 is 41.1 Å². The third kappa shape index (κ3) is 5.45. The minimum atomic E-state index is -0.902. The van der Waals surface area contributed by atoms with Crippen molar-refractivity contribution in [2.45, 2.75) is 4.90 Å². The Morgan fingerprint density at radius 1 is 1.35 bits per heavy atom. The van der Waals surface area contributed by atoms with Gasteiger partial charge in [0.25, 0.3) is 0 Å². The maximum Gasteiger partial charge on any atom is 0.344 e. The highest BCUT2D eigenvalue weighted by Crippen LogP contribution is 2.20. The van der Waals surface area contributed by atoms with Crippen LogP contribution in [0.15, 0.2) is 34.4 Å². The number of carboxylic acid groups (broad SMARTS) is 1. The van der Waals surface area contributed by atoms with E-state index in [0.717, 1.165) is 4.90 Å². The van der Waals surface area contributed by atoms with Gasteiger partial charge in [0.2, 0.25) is 0 Å². The molecule has 0 heterocycles. The molecular weight excluding hydrogens is 306 g/mol. The lowest BCUT2D eigenvalue weighted by molar-refractivity contribution is -0.133. The molecule has 0 unspecified atom stereocenters. The second-order valence-corrected chi connectivity index (χ2v) is 4.96. The maximum atomic E-state index is 11.6. The van der Waals surface area contributed by atoms with Crippen LogP contribution in [0.4, 0.5) is 10.5 Å². The van der Waals surface area contributed by atoms with E-state index < -0.39 is 12.0 Å². The average Bonchev–Trinajstić information content (AvgIpc) is 2.43. The molecule has 7 nitrogen and oxygen atoms in total. The fourth-order valence-corrected chi connectivity index (χ4v) is 2.01. The van der Waals surface area contributed by atoms with Crippen LogP contribution in [0, 0.1) is 4.91 Å². The number of rotatable bonds is 7. The summed E-state index contributed by atoms with van der Waals surface area (Å²) in [5.41, 5.74) is 0.470. The Kier molecular flexibility index (Phi) is 6.82. The lowest BCUT2D eigenvalue weighted by Gasteiger charge is -2.13. The van der Waals surface area contributed by atoms with E-state index in [0.29, 0.717) is 10.7 Å². The molecule has 1 aromatic carbocycles. The topological polar surface area (TPSA) is 99.1 Å². The van der Waals surface area contributed by atoms with Gasteiger partial charge in [0.05, 0.1) is 17.6 Å². The zero-order valence-corrected chi connectivity index (χ0v) is 11.9. The molecule has 0 saturated carbocycles. The summed E-state index contributed by atoms with van der Waals surface area (Å²) in [5.74, 6) is -0.838. The summed E-state index contributed by atoms with van der Waals surface area (Å²) in [5, 5.41) is 14.3. The van der Waals surface area contributed by atoms with Gasteiger partial charge < -0.3 is 10.4 Å². The van der Waals surface area contributed by atoms with Crippen LogP contribution < -0.4 is 5.32 Å². The number of aliphatic carboxylic acids is 1. The molecule has 108 valence electrons. The molecule has 0 spiro atoms. The van der Waals surface area contributed by atoms with E-state index in [4.69, 9.17) is 16.7 Å². The molecular formula is C11H12ClN3O4S. The lowest BCUT2D eigenvalue weighted by atomic mass is 10.3. The van der Waals surface area contributed by atoms with Crippen LogP contribution in [0.5, 0.6) is 0 Å². The number of halogens is 1. The lowest BCUT2D eigenvalue weighted by Crippen LogP contribution is -2.31. The molecule has 0 atom stereocenters. The van der Waals surface area contributed by atoms with E-state index in [9.17, 15) is 14.5 Å². The molecule has 2 N–H and O–H groups in total. The maximum absolute atomic E-state index is 11.6. The highest BCUT2D eigenvalue weighted by Gasteiger charge is 2.13. The molecule has 0 bridgehead atoms. The Labute approximate surface area is 124 Å². The molecule has 2 amide bonds. The first kappa shape index (κ1) is 16.3. The first-order valence-corrected chi connectivity index (χ1v) is 7.01. The number of carbonyl (C=O) groups is 2. The Hall–Kier alpha value is -1.80. The molecule has 0 aliphatic carbocycles. The van der Waals surface area contributed by atoms with Crippen molar-refractivity contribution in [3.05, 3.63) is 29.2 Å². The summed E-state index contributed by atoms with van der Waals surface area (Å²) >= 11 is 6.60. The summed E-state index contributed by atoms with van der Waals surface area (Å²) < 4.78 is 0. The van der Waals surface area contributed by atoms with Crippen LogP contribution in [0.25, 0.3) is 0 Å². The minimum absolute atomic E-state index is 0.0173. The summed E-state index contributed by atoms with van der Waals surface area (Å²) in [6, 6.07) is 5.87. The standard InChI is InChI=1S/C11H12ClN3O4S/c12-5-6-15(14-19)11(18)13-8-1-3-9(4-2-8)20-7-10(16)17/h1-4H,5-7H2,(H,13,18)(H,16,17). The van der Waals surface area contributed by atoms with Crippen LogP contribution in [-0.4, -0.2) is 40.3 Å². The van der Waals surface area contributed by atoms with Gasteiger partial charge in [-0.15, -0.1) is 28.3 Å². The molecule has 20 heavy (non-hydrogen) atoms. The van der Waals surface area contributed by atoms with E-state index in [1.54, 1.807) is 24.3 Å². The number of hydrogen-bond acceptors (Lipinski definition) is 5. The predicted octanol–water partition coefficient (Wildman–Crippen LogP) is 2.62. The highest BCUT2D eigenvalue weighted by atomic mass is 35.5. The molecule has 0 fully saturated rings. The van der Waals surface area contributed by atoms with Gasteiger partial charge in [0, 0.05) is 16.5 Å². The number of carbonyl (C=O) groups excluding carboxylic acids is 1. The number of anilines is 1. The molecule has 0 aliphatic heterocycles. The van der Waals surface area contributed by atoms with Crippen molar-refractivity contribution in [3.8, 4) is 0 Å². The van der Waals surface area contributed by atoms with Gasteiger partial charge in [0.15, 0.2) is 0 Å². The largest absolute Gasteiger partial charge is 0.481 e. The van der Waals surface area contributed by atoms with Crippen LogP contribution in [0.1, 0.15) is 0 Å². The third-order valence-electron chi connectivity index (χ3n) is 2.10. The Morgan fingerprint density at radius 2 is 2.00 bits per heavy atom. The van der Waals surface area contributed by atoms with Gasteiger partial charge in [0.1, 0.15) is 0 Å². The Balaban J connectivity index is 2.58. The van der Waals surface area contributed by atoms with E-state index in [2.05, 4.69) is 10.6 Å². The normalized spacial score (nSPS) is 9.85. The second-order valence-electron chi connectivity index (χ2n) is 3.53. The molecule has 0 aliphatic rings. The van der Waals surface area contributed by atoms with Gasteiger partial charge in [-0.3, -0.25) is 4.79 Å². The van der Waals surface area contributed by atoms with Gasteiger partial charge in [-0.25, -0.2) is 4.79 Å². The number of alkyl halides is 1. The Morgan fingerprint density at radius 3 is 2.50 bits per heavy atom.